The van der Waals surface area contributed by atoms with Gasteiger partial charge in [0.2, 0.25) is 11.8 Å². The van der Waals surface area contributed by atoms with E-state index in [1.165, 1.54) is 27.3 Å². The number of nitrogens with zero attached hydrogens (tertiary/aromatic N) is 1. The van der Waals surface area contributed by atoms with Crippen molar-refractivity contribution in [3.63, 3.8) is 0 Å². The number of aryl methyl sites for hydroxylation is 1. The second kappa shape index (κ2) is 9.81. The highest BCUT2D eigenvalue weighted by Gasteiger charge is 2.58. The Hall–Kier alpha value is -4.12. The second-order valence-corrected chi connectivity index (χ2v) is 11.7. The first kappa shape index (κ1) is 24.9. The zero-order valence-corrected chi connectivity index (χ0v) is 23.0. The number of anilines is 1. The molecule has 1 saturated carbocycles. The number of rotatable bonds is 5. The highest BCUT2D eigenvalue weighted by molar-refractivity contribution is 6.24. The van der Waals surface area contributed by atoms with Gasteiger partial charge in [0, 0.05) is 23.7 Å². The van der Waals surface area contributed by atoms with Crippen LogP contribution in [0.1, 0.15) is 70.7 Å². The monoisotopic (exact) mass is 530 g/mol. The Bertz CT molecular complexity index is 1550. The molecule has 3 aromatic carbocycles. The Morgan fingerprint density at radius 3 is 2.38 bits per heavy atom. The summed E-state index contributed by atoms with van der Waals surface area (Å²) in [5, 5.41) is 0. The summed E-state index contributed by atoms with van der Waals surface area (Å²) in [6.45, 7) is 2.10. The van der Waals surface area contributed by atoms with Crippen molar-refractivity contribution in [2.75, 3.05) is 12.0 Å². The van der Waals surface area contributed by atoms with E-state index in [1.54, 1.807) is 7.11 Å². The molecule has 4 aromatic rings. The maximum Gasteiger partial charge on any atom is 0.242 e. The zero-order valence-electron chi connectivity index (χ0n) is 23.0. The lowest BCUT2D eigenvalue weighted by Crippen LogP contribution is -2.39. The average Bonchev–Trinajstić information content (AvgIpc) is 3.52. The van der Waals surface area contributed by atoms with Gasteiger partial charge in [0.05, 0.1) is 24.6 Å². The van der Waals surface area contributed by atoms with Crippen LogP contribution in [-0.4, -0.2) is 23.9 Å². The SMILES string of the molecule is COc1ccc(N2C(=O)[C@H]3[C@H]4CC(c5ccccc5)CC[C@@H]4c4[nH]c(Cc5ccc(C)cc5)cc4[C@H]3C2=O)cc1. The van der Waals surface area contributed by atoms with E-state index in [1.807, 2.05) is 24.3 Å². The first-order valence-corrected chi connectivity index (χ1v) is 14.4. The lowest BCUT2D eigenvalue weighted by molar-refractivity contribution is -0.123. The molecule has 0 radical (unpaired) electrons. The number of benzene rings is 3. The maximum absolute atomic E-state index is 14.2. The van der Waals surface area contributed by atoms with Crippen LogP contribution in [-0.2, 0) is 16.0 Å². The summed E-state index contributed by atoms with van der Waals surface area (Å²) in [6.07, 6.45) is 3.78. The van der Waals surface area contributed by atoms with Crippen LogP contribution in [0.5, 0.6) is 5.75 Å². The van der Waals surface area contributed by atoms with E-state index in [0.717, 1.165) is 36.9 Å². The molecule has 0 bridgehead atoms. The quantitative estimate of drug-likeness (QED) is 0.286. The summed E-state index contributed by atoms with van der Waals surface area (Å²) < 4.78 is 5.32. The molecule has 2 amide bonds. The molecule has 7 rings (SSSR count). The molecule has 1 N–H and O–H groups in total. The highest BCUT2D eigenvalue weighted by Crippen LogP contribution is 2.58. The molecule has 2 heterocycles. The Morgan fingerprint density at radius 2 is 1.65 bits per heavy atom. The van der Waals surface area contributed by atoms with E-state index in [4.69, 9.17) is 4.74 Å². The van der Waals surface area contributed by atoms with Gasteiger partial charge in [-0.15, -0.1) is 0 Å². The Balaban J connectivity index is 1.29. The summed E-state index contributed by atoms with van der Waals surface area (Å²) >= 11 is 0. The fourth-order valence-corrected chi connectivity index (χ4v) is 7.56. The number of amides is 2. The molecule has 0 spiro atoms. The van der Waals surface area contributed by atoms with E-state index < -0.39 is 5.92 Å². The predicted octanol–water partition coefficient (Wildman–Crippen LogP) is 6.88. The predicted molar refractivity (Wildman–Crippen MR) is 156 cm³/mol. The van der Waals surface area contributed by atoms with Gasteiger partial charge in [0.25, 0.3) is 0 Å². The summed E-state index contributed by atoms with van der Waals surface area (Å²) in [6, 6.07) is 28.7. The normalized spacial score (nSPS) is 25.4. The summed E-state index contributed by atoms with van der Waals surface area (Å²) in [5.74, 6) is 0.484. The minimum Gasteiger partial charge on any atom is -0.497 e. The van der Waals surface area contributed by atoms with Crippen LogP contribution in [0.3, 0.4) is 0 Å². The Kier molecular flexibility index (Phi) is 6.10. The van der Waals surface area contributed by atoms with E-state index in [-0.39, 0.29) is 29.6 Å². The van der Waals surface area contributed by atoms with Crippen LogP contribution in [0.15, 0.2) is 84.9 Å². The summed E-state index contributed by atoms with van der Waals surface area (Å²) in [4.78, 5) is 33.6. The van der Waals surface area contributed by atoms with Crippen LogP contribution >= 0.6 is 0 Å². The lowest BCUT2D eigenvalue weighted by atomic mass is 9.59. The molecule has 1 aliphatic heterocycles. The molecule has 1 aromatic heterocycles. The van der Waals surface area contributed by atoms with E-state index >= 15 is 0 Å². The van der Waals surface area contributed by atoms with E-state index in [9.17, 15) is 9.59 Å². The van der Waals surface area contributed by atoms with Crippen LogP contribution in [0.2, 0.25) is 0 Å². The fraction of sp³-hybridized carbons (Fsp3) is 0.314. The van der Waals surface area contributed by atoms with Gasteiger partial charge >= 0.3 is 0 Å². The number of methoxy groups -OCH3 is 1. The minimum atomic E-state index is -0.455. The zero-order chi connectivity index (χ0) is 27.4. The first-order valence-electron chi connectivity index (χ1n) is 14.4. The third-order valence-corrected chi connectivity index (χ3v) is 9.47. The van der Waals surface area contributed by atoms with Gasteiger partial charge in [0.15, 0.2) is 0 Å². The number of aromatic nitrogens is 1. The molecule has 2 fully saturated rings. The molecule has 2 aliphatic carbocycles. The van der Waals surface area contributed by atoms with Crippen LogP contribution in [0.4, 0.5) is 5.69 Å². The number of carbonyl (C=O) groups is 2. The third-order valence-electron chi connectivity index (χ3n) is 9.47. The van der Waals surface area contributed by atoms with Gasteiger partial charge in [0.1, 0.15) is 5.75 Å². The van der Waals surface area contributed by atoms with Crippen molar-refractivity contribution in [2.24, 2.45) is 11.8 Å². The van der Waals surface area contributed by atoms with Crippen molar-refractivity contribution in [1.82, 2.24) is 4.98 Å². The molecule has 1 unspecified atom stereocenters. The topological polar surface area (TPSA) is 62.4 Å². The van der Waals surface area contributed by atoms with Crippen LogP contribution in [0, 0.1) is 18.8 Å². The van der Waals surface area contributed by atoms with Gasteiger partial charge in [-0.25, -0.2) is 4.90 Å². The molecule has 202 valence electrons. The Labute approximate surface area is 235 Å². The largest absolute Gasteiger partial charge is 0.497 e. The Morgan fingerprint density at radius 1 is 0.900 bits per heavy atom. The van der Waals surface area contributed by atoms with Gasteiger partial charge in [-0.3, -0.25) is 9.59 Å². The number of carbonyl (C=O) groups excluding carboxylic acids is 2. The van der Waals surface area contributed by atoms with Crippen molar-refractivity contribution in [3.8, 4) is 5.75 Å². The van der Waals surface area contributed by atoms with Crippen molar-refractivity contribution in [1.29, 1.82) is 0 Å². The van der Waals surface area contributed by atoms with Gasteiger partial charge in [-0.05, 0) is 85.0 Å². The third kappa shape index (κ3) is 4.07. The lowest BCUT2D eigenvalue weighted by Gasteiger charge is -2.43. The summed E-state index contributed by atoms with van der Waals surface area (Å²) in [7, 11) is 1.61. The number of hydrogen-bond donors (Lipinski definition) is 1. The number of aromatic amines is 1. The van der Waals surface area contributed by atoms with Crippen molar-refractivity contribution in [3.05, 3.63) is 119 Å². The smallest absolute Gasteiger partial charge is 0.242 e. The minimum absolute atomic E-state index is 0.0594. The molecular formula is C35H34N2O3. The van der Waals surface area contributed by atoms with E-state index in [2.05, 4.69) is 72.6 Å². The van der Waals surface area contributed by atoms with Gasteiger partial charge in [-0.2, -0.15) is 0 Å². The van der Waals surface area contributed by atoms with Crippen molar-refractivity contribution in [2.45, 2.75) is 50.4 Å². The van der Waals surface area contributed by atoms with Crippen molar-refractivity contribution >= 4 is 17.5 Å². The van der Waals surface area contributed by atoms with Crippen LogP contribution in [0.25, 0.3) is 0 Å². The maximum atomic E-state index is 14.2. The van der Waals surface area contributed by atoms with Gasteiger partial charge < -0.3 is 9.72 Å². The van der Waals surface area contributed by atoms with E-state index in [0.29, 0.717) is 17.4 Å². The number of ether oxygens (including phenoxy) is 1. The number of imide groups is 1. The number of fused-ring (bicyclic) bond motifs is 6. The molecule has 5 heteroatoms. The fourth-order valence-electron chi connectivity index (χ4n) is 7.56. The number of hydrogen-bond acceptors (Lipinski definition) is 3. The molecular weight excluding hydrogens is 496 g/mol. The van der Waals surface area contributed by atoms with Gasteiger partial charge in [-0.1, -0.05) is 60.2 Å². The number of H-pyrrole nitrogens is 1. The second-order valence-electron chi connectivity index (χ2n) is 11.7. The molecule has 1 saturated heterocycles. The molecule has 3 aliphatic rings. The molecule has 5 nitrogen and oxygen atoms in total. The summed E-state index contributed by atoms with van der Waals surface area (Å²) in [5.41, 5.74) is 7.75. The molecule has 40 heavy (non-hydrogen) atoms. The molecule has 5 atom stereocenters. The first-order chi connectivity index (χ1) is 19.5. The average molecular weight is 531 g/mol. The number of nitrogens with one attached hydrogen (secondary N) is 1. The van der Waals surface area contributed by atoms with Crippen LogP contribution < -0.4 is 9.64 Å². The van der Waals surface area contributed by atoms with Crippen molar-refractivity contribution < 1.29 is 14.3 Å². The standard InChI is InChI=1S/C35H34N2O3/c1-21-8-10-22(11-9-21)18-25-20-30-32-31(34(38)37(35(32)39)26-13-15-27(40-2)16-14-26)29-19-24(23-6-4-3-5-7-23)12-17-28(29)33(30)36-25/h3-11,13-16,20,24,28-29,31-32,36H,12,17-19H2,1-2H3/t24?,28-,29-,31-,32+/m0/s1. The highest BCUT2D eigenvalue weighted by atomic mass is 16.5.